The van der Waals surface area contributed by atoms with Gasteiger partial charge in [0, 0.05) is 0 Å². The molecule has 0 spiro atoms. The highest BCUT2D eigenvalue weighted by Crippen LogP contribution is 2.25. The van der Waals surface area contributed by atoms with E-state index >= 15 is 0 Å². The predicted molar refractivity (Wildman–Crippen MR) is 57.1 cm³/mol. The van der Waals surface area contributed by atoms with Crippen LogP contribution in [0.15, 0.2) is 0 Å². The molecule has 2 nitrogen and oxygen atoms in total. The van der Waals surface area contributed by atoms with Gasteiger partial charge in [-0.05, 0) is 19.3 Å². The fraction of sp³-hybridized carbons (Fsp3) is 0.917. The van der Waals surface area contributed by atoms with Crippen molar-refractivity contribution in [2.45, 2.75) is 58.3 Å². The van der Waals surface area contributed by atoms with E-state index in [1.807, 2.05) is 0 Å². The number of esters is 1. The first kappa shape index (κ1) is 11.5. The van der Waals surface area contributed by atoms with Crippen molar-refractivity contribution in [2.24, 2.45) is 5.92 Å². The molecule has 0 aliphatic heterocycles. The van der Waals surface area contributed by atoms with Crippen LogP contribution < -0.4 is 0 Å². The molecule has 2 heteroatoms. The lowest BCUT2D eigenvalue weighted by molar-refractivity contribution is -0.148. The minimum Gasteiger partial charge on any atom is -0.465 e. The highest BCUT2D eigenvalue weighted by molar-refractivity contribution is 5.72. The summed E-state index contributed by atoms with van der Waals surface area (Å²) in [6.45, 7) is 2.82. The van der Waals surface area contributed by atoms with Crippen LogP contribution in [0.5, 0.6) is 0 Å². The molecule has 0 heterocycles. The van der Waals surface area contributed by atoms with Gasteiger partial charge in [-0.15, -0.1) is 0 Å². The monoisotopic (exact) mass is 198 g/mol. The Bertz CT molecular complexity index is 160. The standard InChI is InChI=1S/C12H22O2/c1-2-3-4-7-10-14-12(13)11-8-5-6-9-11/h11H,2-10H2,1H3. The normalized spacial score (nSPS) is 17.2. The molecule has 0 saturated heterocycles. The fourth-order valence-corrected chi connectivity index (χ4v) is 1.98. The van der Waals surface area contributed by atoms with Crippen molar-refractivity contribution in [2.75, 3.05) is 6.61 Å². The molecular formula is C12H22O2. The average Bonchev–Trinajstić information content (AvgIpc) is 2.70. The molecule has 1 aliphatic carbocycles. The summed E-state index contributed by atoms with van der Waals surface area (Å²) in [5.74, 6) is 0.278. The molecule has 0 aromatic carbocycles. The lowest BCUT2D eigenvalue weighted by Crippen LogP contribution is -2.15. The third kappa shape index (κ3) is 4.12. The van der Waals surface area contributed by atoms with Crippen LogP contribution >= 0.6 is 0 Å². The van der Waals surface area contributed by atoms with Crippen molar-refractivity contribution in [1.82, 2.24) is 0 Å². The molecular weight excluding hydrogens is 176 g/mol. The molecule has 1 rings (SSSR count). The summed E-state index contributed by atoms with van der Waals surface area (Å²) in [4.78, 5) is 11.5. The van der Waals surface area contributed by atoms with Crippen LogP contribution in [0.4, 0.5) is 0 Å². The second-order valence-electron chi connectivity index (χ2n) is 4.21. The summed E-state index contributed by atoms with van der Waals surface area (Å²) in [7, 11) is 0. The summed E-state index contributed by atoms with van der Waals surface area (Å²) in [5, 5.41) is 0. The van der Waals surface area contributed by atoms with Crippen LogP contribution in [-0.4, -0.2) is 12.6 Å². The maximum atomic E-state index is 11.5. The van der Waals surface area contributed by atoms with Gasteiger partial charge in [0.25, 0.3) is 0 Å². The molecule has 0 aromatic heterocycles. The fourth-order valence-electron chi connectivity index (χ4n) is 1.98. The van der Waals surface area contributed by atoms with Crippen molar-refractivity contribution in [1.29, 1.82) is 0 Å². The van der Waals surface area contributed by atoms with E-state index in [4.69, 9.17) is 4.74 Å². The summed E-state index contributed by atoms with van der Waals surface area (Å²) in [6.07, 6.45) is 9.21. The van der Waals surface area contributed by atoms with Crippen LogP contribution in [0, 0.1) is 5.92 Å². The molecule has 14 heavy (non-hydrogen) atoms. The Morgan fingerprint density at radius 3 is 2.57 bits per heavy atom. The molecule has 0 aromatic rings. The molecule has 0 amide bonds. The number of hydrogen-bond donors (Lipinski definition) is 0. The van der Waals surface area contributed by atoms with E-state index in [0.717, 1.165) is 19.3 Å². The quantitative estimate of drug-likeness (QED) is 0.483. The van der Waals surface area contributed by atoms with Gasteiger partial charge >= 0.3 is 5.97 Å². The van der Waals surface area contributed by atoms with Gasteiger partial charge in [-0.1, -0.05) is 39.0 Å². The van der Waals surface area contributed by atoms with E-state index in [9.17, 15) is 4.79 Å². The van der Waals surface area contributed by atoms with Crippen molar-refractivity contribution < 1.29 is 9.53 Å². The zero-order valence-corrected chi connectivity index (χ0v) is 9.26. The lowest BCUT2D eigenvalue weighted by atomic mass is 10.1. The minimum absolute atomic E-state index is 0.0546. The summed E-state index contributed by atoms with van der Waals surface area (Å²) >= 11 is 0. The smallest absolute Gasteiger partial charge is 0.308 e. The Kier molecular flexibility index (Phi) is 5.65. The van der Waals surface area contributed by atoms with E-state index in [1.165, 1.54) is 32.1 Å². The number of hydrogen-bond acceptors (Lipinski definition) is 2. The van der Waals surface area contributed by atoms with E-state index < -0.39 is 0 Å². The van der Waals surface area contributed by atoms with E-state index in [-0.39, 0.29) is 11.9 Å². The number of rotatable bonds is 6. The molecule has 0 bridgehead atoms. The van der Waals surface area contributed by atoms with Crippen molar-refractivity contribution >= 4 is 5.97 Å². The van der Waals surface area contributed by atoms with Crippen LogP contribution in [0.2, 0.25) is 0 Å². The molecule has 0 N–H and O–H groups in total. The second-order valence-corrected chi connectivity index (χ2v) is 4.21. The van der Waals surface area contributed by atoms with Gasteiger partial charge in [-0.25, -0.2) is 0 Å². The maximum absolute atomic E-state index is 11.5. The van der Waals surface area contributed by atoms with Gasteiger partial charge < -0.3 is 4.74 Å². The zero-order valence-electron chi connectivity index (χ0n) is 9.26. The van der Waals surface area contributed by atoms with Crippen molar-refractivity contribution in [3.63, 3.8) is 0 Å². The number of carbonyl (C=O) groups is 1. The molecule has 1 fully saturated rings. The van der Waals surface area contributed by atoms with Crippen LogP contribution in [-0.2, 0) is 9.53 Å². The first-order chi connectivity index (χ1) is 6.84. The second kappa shape index (κ2) is 6.86. The summed E-state index contributed by atoms with van der Waals surface area (Å²) in [6, 6.07) is 0. The SMILES string of the molecule is CCCCCCOC(=O)C1CCCC1. The number of unbranched alkanes of at least 4 members (excludes halogenated alkanes) is 3. The van der Waals surface area contributed by atoms with Crippen LogP contribution in [0.1, 0.15) is 58.3 Å². The van der Waals surface area contributed by atoms with Gasteiger partial charge in [0.15, 0.2) is 0 Å². The first-order valence-electron chi connectivity index (χ1n) is 6.01. The van der Waals surface area contributed by atoms with Crippen LogP contribution in [0.3, 0.4) is 0 Å². The third-order valence-corrected chi connectivity index (χ3v) is 2.93. The Morgan fingerprint density at radius 1 is 1.21 bits per heavy atom. The highest BCUT2D eigenvalue weighted by Gasteiger charge is 2.23. The van der Waals surface area contributed by atoms with Crippen molar-refractivity contribution in [3.8, 4) is 0 Å². The third-order valence-electron chi connectivity index (χ3n) is 2.93. The topological polar surface area (TPSA) is 26.3 Å². The molecule has 0 atom stereocenters. The summed E-state index contributed by atoms with van der Waals surface area (Å²) in [5.41, 5.74) is 0. The Labute approximate surface area is 87.0 Å². The van der Waals surface area contributed by atoms with E-state index in [2.05, 4.69) is 6.92 Å². The Hall–Kier alpha value is -0.530. The van der Waals surface area contributed by atoms with Gasteiger partial charge in [0.05, 0.1) is 12.5 Å². The average molecular weight is 198 g/mol. The van der Waals surface area contributed by atoms with E-state index in [0.29, 0.717) is 6.61 Å². The Balaban J connectivity index is 1.97. The van der Waals surface area contributed by atoms with Gasteiger partial charge in [-0.3, -0.25) is 4.79 Å². The van der Waals surface area contributed by atoms with Crippen molar-refractivity contribution in [3.05, 3.63) is 0 Å². The van der Waals surface area contributed by atoms with Crippen LogP contribution in [0.25, 0.3) is 0 Å². The predicted octanol–water partition coefficient (Wildman–Crippen LogP) is 3.30. The largest absolute Gasteiger partial charge is 0.465 e. The molecule has 82 valence electrons. The van der Waals surface area contributed by atoms with Gasteiger partial charge in [0.1, 0.15) is 0 Å². The van der Waals surface area contributed by atoms with E-state index in [1.54, 1.807) is 0 Å². The Morgan fingerprint density at radius 2 is 1.93 bits per heavy atom. The highest BCUT2D eigenvalue weighted by atomic mass is 16.5. The molecule has 0 radical (unpaired) electrons. The molecule has 1 saturated carbocycles. The first-order valence-corrected chi connectivity index (χ1v) is 6.01. The van der Waals surface area contributed by atoms with Gasteiger partial charge in [-0.2, -0.15) is 0 Å². The molecule has 0 unspecified atom stereocenters. The summed E-state index contributed by atoms with van der Waals surface area (Å²) < 4.78 is 5.23. The lowest BCUT2D eigenvalue weighted by Gasteiger charge is -2.08. The number of ether oxygens (including phenoxy) is 1. The van der Waals surface area contributed by atoms with Gasteiger partial charge in [0.2, 0.25) is 0 Å². The minimum atomic E-state index is 0.0546. The maximum Gasteiger partial charge on any atom is 0.308 e. The molecule has 1 aliphatic rings. The zero-order chi connectivity index (χ0) is 10.2. The number of carbonyl (C=O) groups excluding carboxylic acids is 1.